The topological polar surface area (TPSA) is 3.88 Å². The van der Waals surface area contributed by atoms with Gasteiger partial charge in [0.2, 0.25) is 0 Å². The van der Waals surface area contributed by atoms with E-state index in [-0.39, 0.29) is 0 Å². The van der Waals surface area contributed by atoms with Gasteiger partial charge in [-0.3, -0.25) is 0 Å². The molecule has 0 aliphatic rings. The van der Waals surface area contributed by atoms with Gasteiger partial charge in [0.1, 0.15) is 12.0 Å². The predicted octanol–water partition coefficient (Wildman–Crippen LogP) is 14.0. The Morgan fingerprint density at radius 1 is 0.319 bits per heavy atom. The molecule has 0 aliphatic carbocycles. The number of nitrogens with zero attached hydrogens (tertiary/aromatic N) is 1. The minimum absolute atomic E-state index is 0.549. The number of halogens is 25. The van der Waals surface area contributed by atoms with Crippen molar-refractivity contribution >= 4 is 39.6 Å². The SMILES string of the molecule is ClCc1cccc[n+]1Cc1ccccc1.FC(F)(F)c1cc([B-](c2cc(C(F)(F)F)cc(C(F)(F)F)c2)(c2cc(C(F)(F)F)cc(C(F)(F)F)c2)c2cc(C(F)(F)F)cc(C(F)(F)F)c2)cc(C(F)(F)F)c1. The zero-order valence-corrected chi connectivity index (χ0v) is 35.8. The van der Waals surface area contributed by atoms with Gasteiger partial charge in [0, 0.05) is 17.7 Å². The minimum Gasteiger partial charge on any atom is -0.197 e. The van der Waals surface area contributed by atoms with Crippen LogP contribution in [0.4, 0.5) is 105 Å². The Kier molecular flexibility index (Phi) is 15.6. The van der Waals surface area contributed by atoms with E-state index in [1.54, 1.807) is 0 Å². The van der Waals surface area contributed by atoms with Crippen LogP contribution in [0.1, 0.15) is 55.8 Å². The fourth-order valence-electron chi connectivity index (χ4n) is 7.64. The molecule has 1 aromatic heterocycles. The molecule has 1 heterocycles. The number of rotatable bonds is 7. The summed E-state index contributed by atoms with van der Waals surface area (Å²) in [7, 11) is 0. The molecule has 6 rings (SSSR count). The third kappa shape index (κ3) is 13.1. The van der Waals surface area contributed by atoms with Crippen molar-refractivity contribution in [2.75, 3.05) is 0 Å². The van der Waals surface area contributed by atoms with Crippen LogP contribution in [0.2, 0.25) is 0 Å². The molecule has 388 valence electrons. The quantitative estimate of drug-likeness (QED) is 0.0649. The molecule has 5 aromatic carbocycles. The first-order valence-corrected chi connectivity index (χ1v) is 20.1. The highest BCUT2D eigenvalue weighted by atomic mass is 35.5. The molecule has 0 saturated heterocycles. The molecule has 0 unspecified atom stereocenters. The lowest BCUT2D eigenvalue weighted by atomic mass is 9.12. The summed E-state index contributed by atoms with van der Waals surface area (Å²) in [5.41, 5.74) is -27.8. The molecule has 0 spiro atoms. The van der Waals surface area contributed by atoms with Gasteiger partial charge in [0.15, 0.2) is 18.4 Å². The summed E-state index contributed by atoms with van der Waals surface area (Å²) in [6.07, 6.45) is -52.7. The van der Waals surface area contributed by atoms with Crippen molar-refractivity contribution in [3.63, 3.8) is 0 Å². The van der Waals surface area contributed by atoms with Crippen molar-refractivity contribution in [2.24, 2.45) is 0 Å². The van der Waals surface area contributed by atoms with E-state index in [9.17, 15) is 105 Å². The van der Waals surface area contributed by atoms with Crippen molar-refractivity contribution in [2.45, 2.75) is 61.8 Å². The van der Waals surface area contributed by atoms with Gasteiger partial charge in [0.25, 0.3) is 0 Å². The third-order valence-electron chi connectivity index (χ3n) is 10.8. The van der Waals surface area contributed by atoms with Crippen molar-refractivity contribution < 1.29 is 110 Å². The second-order valence-corrected chi connectivity index (χ2v) is 15.9. The van der Waals surface area contributed by atoms with Gasteiger partial charge in [-0.2, -0.15) is 132 Å². The van der Waals surface area contributed by atoms with E-state index in [2.05, 4.69) is 41.1 Å². The Morgan fingerprint density at radius 3 is 0.778 bits per heavy atom. The molecular formula is C45H25BClF24N. The van der Waals surface area contributed by atoms with Crippen LogP contribution in [0.15, 0.2) is 128 Å². The lowest BCUT2D eigenvalue weighted by molar-refractivity contribution is -0.694. The van der Waals surface area contributed by atoms with Crippen molar-refractivity contribution in [1.82, 2.24) is 0 Å². The van der Waals surface area contributed by atoms with E-state index in [4.69, 9.17) is 11.6 Å². The number of hydrogen-bond acceptors (Lipinski definition) is 0. The number of alkyl halides is 25. The Bertz CT molecular complexity index is 2430. The molecule has 1 nitrogen and oxygen atoms in total. The average Bonchev–Trinajstić information content (AvgIpc) is 3.25. The highest BCUT2D eigenvalue weighted by Crippen LogP contribution is 2.41. The first kappa shape index (κ1) is 56.8. The molecule has 0 N–H and O–H groups in total. The van der Waals surface area contributed by atoms with Crippen LogP contribution in [0.5, 0.6) is 0 Å². The number of hydrogen-bond donors (Lipinski definition) is 0. The zero-order chi connectivity index (χ0) is 54.4. The lowest BCUT2D eigenvalue weighted by Crippen LogP contribution is -2.75. The van der Waals surface area contributed by atoms with Crippen LogP contribution >= 0.6 is 11.6 Å². The smallest absolute Gasteiger partial charge is 0.197 e. The fraction of sp³-hybridized carbons (Fsp3) is 0.222. The molecule has 0 bridgehead atoms. The summed E-state index contributed by atoms with van der Waals surface area (Å²) in [5.74, 6) is 0.549. The van der Waals surface area contributed by atoms with Crippen LogP contribution in [0.3, 0.4) is 0 Å². The maximum atomic E-state index is 14.2. The normalized spacial score (nSPS) is 13.5. The standard InChI is InChI=1S/C32H12BF24.C13H13ClN/c34-25(35,36)13-1-14(26(37,38)39)6-21(5-13)33(22-7-15(27(40,41)42)2-16(8-22)28(43,44)45,23-9-17(29(46,47)48)3-18(10-23)30(49,50)51)24-11-19(31(52,53)54)4-20(12-24)32(55,56)57;14-10-13-8-4-5-9-15(13)11-12-6-2-1-3-7-12/h1-12H;1-9H,10-11H2/q-1;+1. The maximum Gasteiger partial charge on any atom is 0.416 e. The van der Waals surface area contributed by atoms with Gasteiger partial charge in [-0.25, -0.2) is 0 Å². The summed E-state index contributed by atoms with van der Waals surface area (Å²) in [6, 6.07) is 7.67. The Labute approximate surface area is 394 Å². The van der Waals surface area contributed by atoms with Crippen LogP contribution < -0.4 is 26.4 Å². The monoisotopic (exact) mass is 1080 g/mol. The summed E-state index contributed by atoms with van der Waals surface area (Å²) < 4.78 is 343. The molecule has 0 atom stereocenters. The Hall–Kier alpha value is -6.08. The third-order valence-corrected chi connectivity index (χ3v) is 11.1. The van der Waals surface area contributed by atoms with E-state index in [0.29, 0.717) is 5.88 Å². The Morgan fingerprint density at radius 2 is 0.556 bits per heavy atom. The summed E-state index contributed by atoms with van der Waals surface area (Å²) >= 11 is 5.88. The van der Waals surface area contributed by atoms with Gasteiger partial charge in [-0.05, 0) is 24.3 Å². The minimum atomic E-state index is -6.13. The molecule has 0 amide bonds. The first-order chi connectivity index (χ1) is 32.7. The fourth-order valence-corrected chi connectivity index (χ4v) is 7.88. The van der Waals surface area contributed by atoms with E-state index in [0.717, 1.165) is 12.2 Å². The van der Waals surface area contributed by atoms with Crippen LogP contribution in [0.25, 0.3) is 0 Å². The largest absolute Gasteiger partial charge is 0.416 e. The van der Waals surface area contributed by atoms with Gasteiger partial charge < -0.3 is 0 Å². The second kappa shape index (κ2) is 19.7. The van der Waals surface area contributed by atoms with Crippen LogP contribution in [0, 0.1) is 0 Å². The predicted molar refractivity (Wildman–Crippen MR) is 212 cm³/mol. The molecule has 72 heavy (non-hydrogen) atoms. The van der Waals surface area contributed by atoms with Gasteiger partial charge in [-0.1, -0.05) is 84.9 Å². The molecule has 6 aromatic rings. The number of benzene rings is 5. The van der Waals surface area contributed by atoms with E-state index in [1.807, 2.05) is 18.2 Å². The van der Waals surface area contributed by atoms with Gasteiger partial charge >= 0.3 is 49.4 Å². The van der Waals surface area contributed by atoms with Crippen molar-refractivity contribution in [1.29, 1.82) is 0 Å². The zero-order valence-electron chi connectivity index (χ0n) is 35.0. The summed E-state index contributed by atoms with van der Waals surface area (Å²) in [5, 5.41) is 0. The van der Waals surface area contributed by atoms with E-state index in [1.165, 1.54) is 5.56 Å². The molecule has 0 saturated carbocycles. The molecule has 27 heteroatoms. The number of aromatic nitrogens is 1. The van der Waals surface area contributed by atoms with Crippen LogP contribution in [-0.4, -0.2) is 6.15 Å². The molecule has 0 radical (unpaired) electrons. The molecule has 0 aliphatic heterocycles. The highest BCUT2D eigenvalue weighted by molar-refractivity contribution is 7.20. The summed E-state index contributed by atoms with van der Waals surface area (Å²) in [6.45, 7) is 0.879. The molecule has 0 fully saturated rings. The van der Waals surface area contributed by atoms with Crippen LogP contribution in [-0.2, 0) is 61.8 Å². The van der Waals surface area contributed by atoms with E-state index >= 15 is 0 Å². The summed E-state index contributed by atoms with van der Waals surface area (Å²) in [4.78, 5) is 0. The lowest BCUT2D eigenvalue weighted by Gasteiger charge is -2.46. The maximum absolute atomic E-state index is 14.2. The van der Waals surface area contributed by atoms with Gasteiger partial charge in [0.05, 0.1) is 44.5 Å². The van der Waals surface area contributed by atoms with Gasteiger partial charge in [-0.15, -0.1) is 11.6 Å². The molecular weight excluding hydrogens is 1060 g/mol. The average molecular weight is 1080 g/mol. The second-order valence-electron chi connectivity index (χ2n) is 15.7. The van der Waals surface area contributed by atoms with E-state index < -0.39 is 195 Å². The number of pyridine rings is 1. The van der Waals surface area contributed by atoms with Crippen molar-refractivity contribution in [3.05, 3.63) is 183 Å². The Balaban J connectivity index is 0.000000542. The van der Waals surface area contributed by atoms with Crippen molar-refractivity contribution in [3.8, 4) is 0 Å². The highest BCUT2D eigenvalue weighted by Gasteiger charge is 2.47. The first-order valence-electron chi connectivity index (χ1n) is 19.6.